The van der Waals surface area contributed by atoms with Crippen LogP contribution in [0, 0.1) is 0 Å². The fourth-order valence-electron chi connectivity index (χ4n) is 1.02. The number of ether oxygens (including phenoxy) is 1. The molecule has 14 heavy (non-hydrogen) atoms. The molecule has 0 aliphatic heterocycles. The second kappa shape index (κ2) is 5.60. The molecule has 0 saturated heterocycles. The molecule has 0 bridgehead atoms. The van der Waals surface area contributed by atoms with Crippen molar-refractivity contribution in [1.29, 1.82) is 0 Å². The molecule has 0 saturated carbocycles. The van der Waals surface area contributed by atoms with Crippen LogP contribution in [-0.4, -0.2) is 18.5 Å². The summed E-state index contributed by atoms with van der Waals surface area (Å²) in [5.74, 6) is 0.591. The van der Waals surface area contributed by atoms with Crippen LogP contribution in [0.1, 0.15) is 5.56 Å². The summed E-state index contributed by atoms with van der Waals surface area (Å²) in [6.07, 6.45) is 0.199. The standard InChI is InChI=1S/C10H10ClFO2/c11-10(13)7-8-1-3-9(4-2-8)14-6-5-12/h1-4H,5-7H2. The first-order valence-electron chi connectivity index (χ1n) is 4.18. The zero-order valence-electron chi connectivity index (χ0n) is 7.50. The number of halogens is 2. The van der Waals surface area contributed by atoms with E-state index in [1.165, 1.54) is 0 Å². The molecule has 0 heterocycles. The summed E-state index contributed by atoms with van der Waals surface area (Å²) in [6, 6.07) is 6.83. The summed E-state index contributed by atoms with van der Waals surface area (Å²) >= 11 is 5.22. The zero-order chi connectivity index (χ0) is 10.4. The van der Waals surface area contributed by atoms with Gasteiger partial charge in [0.25, 0.3) is 0 Å². The molecule has 0 aliphatic rings. The Morgan fingerprint density at radius 2 is 2.00 bits per heavy atom. The minimum Gasteiger partial charge on any atom is -0.491 e. The Morgan fingerprint density at radius 1 is 1.36 bits per heavy atom. The maximum atomic E-state index is 11.7. The van der Waals surface area contributed by atoms with E-state index in [9.17, 15) is 9.18 Å². The lowest BCUT2D eigenvalue weighted by molar-refractivity contribution is -0.111. The van der Waals surface area contributed by atoms with Crippen LogP contribution < -0.4 is 4.74 Å². The average molecular weight is 217 g/mol. The zero-order valence-corrected chi connectivity index (χ0v) is 8.26. The van der Waals surface area contributed by atoms with Crippen LogP contribution in [-0.2, 0) is 11.2 Å². The predicted molar refractivity (Wildman–Crippen MR) is 52.5 cm³/mol. The topological polar surface area (TPSA) is 26.3 Å². The van der Waals surface area contributed by atoms with Gasteiger partial charge in [-0.2, -0.15) is 0 Å². The molecule has 0 N–H and O–H groups in total. The van der Waals surface area contributed by atoms with Gasteiger partial charge in [0.1, 0.15) is 19.0 Å². The molecule has 0 fully saturated rings. The predicted octanol–water partition coefficient (Wildman–Crippen LogP) is 2.34. The Hall–Kier alpha value is -1.09. The lowest BCUT2D eigenvalue weighted by Crippen LogP contribution is -1.99. The van der Waals surface area contributed by atoms with Crippen molar-refractivity contribution in [2.24, 2.45) is 0 Å². The van der Waals surface area contributed by atoms with Crippen molar-refractivity contribution in [2.75, 3.05) is 13.3 Å². The van der Waals surface area contributed by atoms with E-state index in [1.807, 2.05) is 0 Å². The van der Waals surface area contributed by atoms with Crippen LogP contribution in [0.2, 0.25) is 0 Å². The molecule has 0 spiro atoms. The van der Waals surface area contributed by atoms with Crippen LogP contribution >= 0.6 is 11.6 Å². The van der Waals surface area contributed by atoms with E-state index in [4.69, 9.17) is 16.3 Å². The van der Waals surface area contributed by atoms with E-state index in [2.05, 4.69) is 0 Å². The van der Waals surface area contributed by atoms with Crippen molar-refractivity contribution >= 4 is 16.8 Å². The number of alkyl halides is 1. The molecular weight excluding hydrogens is 207 g/mol. The third-order valence-electron chi connectivity index (χ3n) is 1.61. The van der Waals surface area contributed by atoms with Gasteiger partial charge in [-0.3, -0.25) is 4.79 Å². The van der Waals surface area contributed by atoms with Crippen molar-refractivity contribution in [3.05, 3.63) is 29.8 Å². The highest BCUT2D eigenvalue weighted by Crippen LogP contribution is 2.13. The van der Waals surface area contributed by atoms with E-state index in [0.717, 1.165) is 5.56 Å². The minimum absolute atomic E-state index is 0.0494. The van der Waals surface area contributed by atoms with E-state index in [0.29, 0.717) is 5.75 Å². The van der Waals surface area contributed by atoms with Gasteiger partial charge >= 0.3 is 0 Å². The first-order chi connectivity index (χ1) is 6.72. The van der Waals surface area contributed by atoms with Crippen LogP contribution in [0.3, 0.4) is 0 Å². The van der Waals surface area contributed by atoms with E-state index in [1.54, 1.807) is 24.3 Å². The third-order valence-corrected chi connectivity index (χ3v) is 1.75. The van der Waals surface area contributed by atoms with Crippen LogP contribution in [0.25, 0.3) is 0 Å². The second-order valence-corrected chi connectivity index (χ2v) is 3.13. The molecule has 76 valence electrons. The maximum absolute atomic E-state index is 11.7. The highest BCUT2D eigenvalue weighted by atomic mass is 35.5. The van der Waals surface area contributed by atoms with Crippen molar-refractivity contribution < 1.29 is 13.9 Å². The molecule has 0 unspecified atom stereocenters. The number of benzene rings is 1. The minimum atomic E-state index is -0.512. The SMILES string of the molecule is O=C(Cl)Cc1ccc(OCCF)cc1. The molecule has 0 radical (unpaired) electrons. The normalized spacial score (nSPS) is 9.86. The Kier molecular flexibility index (Phi) is 4.40. The van der Waals surface area contributed by atoms with E-state index in [-0.39, 0.29) is 13.0 Å². The van der Waals surface area contributed by atoms with Gasteiger partial charge in [0.05, 0.1) is 0 Å². The number of hydrogen-bond donors (Lipinski definition) is 0. The van der Waals surface area contributed by atoms with Gasteiger partial charge in [0.15, 0.2) is 0 Å². The molecule has 0 aromatic heterocycles. The summed E-state index contributed by atoms with van der Waals surface area (Å²) in [4.78, 5) is 10.6. The molecule has 1 aromatic carbocycles. The van der Waals surface area contributed by atoms with E-state index >= 15 is 0 Å². The van der Waals surface area contributed by atoms with Crippen LogP contribution in [0.5, 0.6) is 5.75 Å². The first-order valence-corrected chi connectivity index (χ1v) is 4.56. The van der Waals surface area contributed by atoms with Gasteiger partial charge in [0, 0.05) is 6.42 Å². The average Bonchev–Trinajstić information content (AvgIpc) is 2.16. The number of carbonyl (C=O) groups is 1. The second-order valence-electron chi connectivity index (χ2n) is 2.71. The van der Waals surface area contributed by atoms with Crippen molar-refractivity contribution in [3.63, 3.8) is 0 Å². The Bertz CT molecular complexity index is 297. The van der Waals surface area contributed by atoms with Gasteiger partial charge in [0.2, 0.25) is 5.24 Å². The van der Waals surface area contributed by atoms with Gasteiger partial charge < -0.3 is 4.74 Å². The maximum Gasteiger partial charge on any atom is 0.226 e. The summed E-state index contributed by atoms with van der Waals surface area (Å²) in [5, 5.41) is -0.401. The highest BCUT2D eigenvalue weighted by molar-refractivity contribution is 6.63. The highest BCUT2D eigenvalue weighted by Gasteiger charge is 1.99. The van der Waals surface area contributed by atoms with Crippen molar-refractivity contribution in [1.82, 2.24) is 0 Å². The lowest BCUT2D eigenvalue weighted by atomic mass is 10.2. The molecule has 1 rings (SSSR count). The van der Waals surface area contributed by atoms with Gasteiger partial charge in [-0.05, 0) is 29.3 Å². The summed E-state index contributed by atoms with van der Waals surface area (Å²) < 4.78 is 16.8. The summed E-state index contributed by atoms with van der Waals surface area (Å²) in [7, 11) is 0. The number of hydrogen-bond acceptors (Lipinski definition) is 2. The molecule has 1 aromatic rings. The van der Waals surface area contributed by atoms with Gasteiger partial charge in [-0.1, -0.05) is 12.1 Å². The molecular formula is C10H10ClFO2. The largest absolute Gasteiger partial charge is 0.491 e. The quantitative estimate of drug-likeness (QED) is 0.707. The molecule has 0 amide bonds. The summed E-state index contributed by atoms with van der Waals surface area (Å²) in [6.45, 7) is -0.463. The number of rotatable bonds is 5. The van der Waals surface area contributed by atoms with Gasteiger partial charge in [-0.25, -0.2) is 4.39 Å². The molecule has 4 heteroatoms. The van der Waals surface area contributed by atoms with Gasteiger partial charge in [-0.15, -0.1) is 0 Å². The Balaban J connectivity index is 2.54. The van der Waals surface area contributed by atoms with E-state index < -0.39 is 11.9 Å². The van der Waals surface area contributed by atoms with Crippen LogP contribution in [0.15, 0.2) is 24.3 Å². The number of carbonyl (C=O) groups excluding carboxylic acids is 1. The lowest BCUT2D eigenvalue weighted by Gasteiger charge is -2.03. The molecule has 0 atom stereocenters. The fourth-order valence-corrected chi connectivity index (χ4v) is 1.17. The van der Waals surface area contributed by atoms with Crippen LogP contribution in [0.4, 0.5) is 4.39 Å². The van der Waals surface area contributed by atoms with Crippen molar-refractivity contribution in [2.45, 2.75) is 6.42 Å². The monoisotopic (exact) mass is 216 g/mol. The third kappa shape index (κ3) is 3.75. The summed E-state index contributed by atoms with van der Waals surface area (Å²) in [5.41, 5.74) is 0.817. The fraction of sp³-hybridized carbons (Fsp3) is 0.300. The molecule has 0 aliphatic carbocycles. The smallest absolute Gasteiger partial charge is 0.226 e. The first kappa shape index (κ1) is 11.0. The Labute approximate surface area is 86.6 Å². The Morgan fingerprint density at radius 3 is 2.50 bits per heavy atom. The van der Waals surface area contributed by atoms with Crippen molar-refractivity contribution in [3.8, 4) is 5.75 Å². The molecule has 2 nitrogen and oxygen atoms in total.